The van der Waals surface area contributed by atoms with Crippen LogP contribution in [0.2, 0.25) is 0 Å². The summed E-state index contributed by atoms with van der Waals surface area (Å²) in [7, 11) is 1.70. The normalized spacial score (nSPS) is 20.0. The quantitative estimate of drug-likeness (QED) is 0.533. The molecule has 2 atom stereocenters. The molecule has 180 valence electrons. The minimum Gasteiger partial charge on any atom is -0.497 e. The predicted molar refractivity (Wildman–Crippen MR) is 131 cm³/mol. The van der Waals surface area contributed by atoms with Crippen LogP contribution in [0, 0.1) is 13.8 Å². The van der Waals surface area contributed by atoms with Crippen molar-refractivity contribution in [3.63, 3.8) is 0 Å². The van der Waals surface area contributed by atoms with Gasteiger partial charge in [-0.3, -0.25) is 4.90 Å². The number of piperazine rings is 1. The van der Waals surface area contributed by atoms with Gasteiger partial charge in [0, 0.05) is 38.5 Å². The van der Waals surface area contributed by atoms with Crippen LogP contribution in [0.5, 0.6) is 5.75 Å². The summed E-state index contributed by atoms with van der Waals surface area (Å²) in [6.07, 6.45) is 2.34. The Balaban J connectivity index is 1.40. The highest BCUT2D eigenvalue weighted by molar-refractivity contribution is 5.56. The number of nitrogens with zero attached hydrogens (tertiary/aromatic N) is 6. The zero-order valence-corrected chi connectivity index (χ0v) is 20.4. The molecule has 5 rings (SSSR count). The number of hydrogen-bond acceptors (Lipinski definition) is 7. The summed E-state index contributed by atoms with van der Waals surface area (Å²) >= 11 is 0. The average molecular weight is 463 g/mol. The van der Waals surface area contributed by atoms with E-state index >= 15 is 0 Å². The highest BCUT2D eigenvalue weighted by Crippen LogP contribution is 2.31. The smallest absolute Gasteiger partial charge is 0.173 e. The Morgan fingerprint density at radius 3 is 2.56 bits per heavy atom. The molecule has 34 heavy (non-hydrogen) atoms. The SMILES string of the molecule is COc1ccc([C@@H](c2nnnn2C[C@@H]2CCCO2)N2CCN(c3cccc(C)c3C)CC2)cc1. The lowest BCUT2D eigenvalue weighted by atomic mass is 10.0. The second-order valence-corrected chi connectivity index (χ2v) is 9.27. The van der Waals surface area contributed by atoms with Crippen LogP contribution in [0.25, 0.3) is 0 Å². The summed E-state index contributed by atoms with van der Waals surface area (Å²) in [4.78, 5) is 5.00. The molecule has 0 N–H and O–H groups in total. The van der Waals surface area contributed by atoms with Crippen molar-refractivity contribution in [1.82, 2.24) is 25.1 Å². The minimum atomic E-state index is -0.0249. The van der Waals surface area contributed by atoms with E-state index < -0.39 is 0 Å². The van der Waals surface area contributed by atoms with Crippen LogP contribution in [0.3, 0.4) is 0 Å². The van der Waals surface area contributed by atoms with Crippen molar-refractivity contribution in [3.8, 4) is 5.75 Å². The first-order chi connectivity index (χ1) is 16.6. The van der Waals surface area contributed by atoms with Gasteiger partial charge < -0.3 is 14.4 Å². The van der Waals surface area contributed by atoms with Crippen molar-refractivity contribution < 1.29 is 9.47 Å². The van der Waals surface area contributed by atoms with Crippen molar-refractivity contribution in [2.45, 2.75) is 45.4 Å². The Bertz CT molecular complexity index is 1080. The molecule has 0 aliphatic carbocycles. The number of aromatic nitrogens is 4. The molecule has 2 aliphatic heterocycles. The first-order valence-corrected chi connectivity index (χ1v) is 12.2. The molecule has 1 aromatic heterocycles. The number of rotatable bonds is 7. The van der Waals surface area contributed by atoms with Crippen LogP contribution in [-0.2, 0) is 11.3 Å². The van der Waals surface area contributed by atoms with Gasteiger partial charge in [-0.1, -0.05) is 24.3 Å². The van der Waals surface area contributed by atoms with Crippen LogP contribution in [0.1, 0.15) is 41.4 Å². The number of methoxy groups -OCH3 is 1. The molecular weight excluding hydrogens is 428 g/mol. The fraction of sp³-hybridized carbons (Fsp3) is 0.500. The maximum atomic E-state index is 5.87. The third-order valence-electron chi connectivity index (χ3n) is 7.23. The molecule has 2 aromatic carbocycles. The van der Waals surface area contributed by atoms with E-state index in [9.17, 15) is 0 Å². The van der Waals surface area contributed by atoms with E-state index in [4.69, 9.17) is 9.47 Å². The van der Waals surface area contributed by atoms with Gasteiger partial charge in [0.25, 0.3) is 0 Å². The molecule has 0 amide bonds. The topological polar surface area (TPSA) is 68.5 Å². The lowest BCUT2D eigenvalue weighted by Gasteiger charge is -2.40. The second-order valence-electron chi connectivity index (χ2n) is 9.27. The minimum absolute atomic E-state index is 0.0249. The average Bonchev–Trinajstić information content (AvgIpc) is 3.55. The van der Waals surface area contributed by atoms with Crippen molar-refractivity contribution in [2.24, 2.45) is 0 Å². The molecule has 3 aromatic rings. The van der Waals surface area contributed by atoms with Crippen molar-refractivity contribution >= 4 is 5.69 Å². The van der Waals surface area contributed by atoms with Crippen LogP contribution in [0.15, 0.2) is 42.5 Å². The molecule has 8 heteroatoms. The Hall–Kier alpha value is -2.97. The summed E-state index contributed by atoms with van der Waals surface area (Å²) in [6.45, 7) is 9.70. The fourth-order valence-corrected chi connectivity index (χ4v) is 5.13. The first-order valence-electron chi connectivity index (χ1n) is 12.2. The molecule has 0 radical (unpaired) electrons. The Morgan fingerprint density at radius 2 is 1.85 bits per heavy atom. The highest BCUT2D eigenvalue weighted by Gasteiger charge is 2.32. The molecule has 0 spiro atoms. The number of benzene rings is 2. The molecule has 8 nitrogen and oxygen atoms in total. The van der Waals surface area contributed by atoms with E-state index in [0.29, 0.717) is 6.54 Å². The van der Waals surface area contributed by atoms with Crippen LogP contribution in [-0.4, -0.2) is 71.1 Å². The molecule has 0 bridgehead atoms. The lowest BCUT2D eigenvalue weighted by molar-refractivity contribution is 0.0906. The highest BCUT2D eigenvalue weighted by atomic mass is 16.5. The number of tetrazole rings is 1. The summed E-state index contributed by atoms with van der Waals surface area (Å²) in [5.41, 5.74) is 5.21. The molecular formula is C26H34N6O2. The van der Waals surface area contributed by atoms with E-state index in [1.165, 1.54) is 22.4 Å². The summed E-state index contributed by atoms with van der Waals surface area (Å²) < 4.78 is 13.2. The van der Waals surface area contributed by atoms with E-state index in [-0.39, 0.29) is 12.1 Å². The zero-order chi connectivity index (χ0) is 23.5. The third-order valence-corrected chi connectivity index (χ3v) is 7.23. The predicted octanol–water partition coefficient (Wildman–Crippen LogP) is 3.39. The molecule has 2 fully saturated rings. The first kappa shape index (κ1) is 22.8. The summed E-state index contributed by atoms with van der Waals surface area (Å²) in [6, 6.07) is 14.8. The van der Waals surface area contributed by atoms with Gasteiger partial charge in [-0.15, -0.1) is 5.10 Å². The lowest BCUT2D eigenvalue weighted by Crippen LogP contribution is -2.48. The van der Waals surface area contributed by atoms with Gasteiger partial charge in [0.1, 0.15) is 5.75 Å². The van der Waals surface area contributed by atoms with E-state index in [1.807, 2.05) is 16.8 Å². The summed E-state index contributed by atoms with van der Waals surface area (Å²) in [5, 5.41) is 12.9. The molecule has 2 saturated heterocycles. The monoisotopic (exact) mass is 462 g/mol. The number of ether oxygens (including phenoxy) is 2. The van der Waals surface area contributed by atoms with Crippen LogP contribution in [0.4, 0.5) is 5.69 Å². The van der Waals surface area contributed by atoms with Crippen LogP contribution >= 0.6 is 0 Å². The maximum Gasteiger partial charge on any atom is 0.173 e. The van der Waals surface area contributed by atoms with Crippen molar-refractivity contribution in [3.05, 3.63) is 65.0 Å². The molecule has 2 aliphatic rings. The van der Waals surface area contributed by atoms with Gasteiger partial charge in [-0.25, -0.2) is 4.68 Å². The van der Waals surface area contributed by atoms with Gasteiger partial charge in [0.2, 0.25) is 0 Å². The molecule has 0 unspecified atom stereocenters. The van der Waals surface area contributed by atoms with Crippen LogP contribution < -0.4 is 9.64 Å². The Kier molecular flexibility index (Phi) is 6.78. The zero-order valence-electron chi connectivity index (χ0n) is 20.4. The van der Waals surface area contributed by atoms with Crippen molar-refractivity contribution in [2.75, 3.05) is 44.8 Å². The van der Waals surface area contributed by atoms with Gasteiger partial charge in [-0.2, -0.15) is 0 Å². The molecule has 0 saturated carbocycles. The maximum absolute atomic E-state index is 5.87. The van der Waals surface area contributed by atoms with E-state index in [0.717, 1.165) is 57.2 Å². The third kappa shape index (κ3) is 4.65. The Labute approximate surface area is 201 Å². The van der Waals surface area contributed by atoms with Gasteiger partial charge in [0.05, 0.1) is 25.8 Å². The molecule has 3 heterocycles. The fourth-order valence-electron chi connectivity index (χ4n) is 5.13. The number of hydrogen-bond donors (Lipinski definition) is 0. The van der Waals surface area contributed by atoms with Gasteiger partial charge in [0.15, 0.2) is 5.82 Å². The largest absolute Gasteiger partial charge is 0.497 e. The number of aryl methyl sites for hydroxylation is 1. The Morgan fingerprint density at radius 1 is 1.06 bits per heavy atom. The number of anilines is 1. The standard InChI is InChI=1S/C26H34N6O2/c1-19-6-4-8-24(20(19)2)30-13-15-31(16-14-30)25(21-9-11-22(33-3)12-10-21)26-27-28-29-32(26)18-23-7-5-17-34-23/h4,6,8-12,23,25H,5,7,13-18H2,1-3H3/t23-,25-/m0/s1. The van der Waals surface area contributed by atoms with Gasteiger partial charge >= 0.3 is 0 Å². The summed E-state index contributed by atoms with van der Waals surface area (Å²) in [5.74, 6) is 1.72. The van der Waals surface area contributed by atoms with Crippen molar-refractivity contribution in [1.29, 1.82) is 0 Å². The van der Waals surface area contributed by atoms with E-state index in [1.54, 1.807) is 7.11 Å². The van der Waals surface area contributed by atoms with Gasteiger partial charge in [-0.05, 0) is 72.0 Å². The van der Waals surface area contributed by atoms with E-state index in [2.05, 4.69) is 69.5 Å². The second kappa shape index (κ2) is 10.1.